The van der Waals surface area contributed by atoms with Gasteiger partial charge in [-0.1, -0.05) is 12.1 Å². The minimum Gasteiger partial charge on any atom is -0.350 e. The number of hydrogen-bond donors (Lipinski definition) is 0. The maximum atomic E-state index is 13.8. The fraction of sp³-hybridized carbons (Fsp3) is 0.636. The molecule has 4 rings (SSSR count). The third-order valence-electron chi connectivity index (χ3n) is 6.67. The van der Waals surface area contributed by atoms with Crippen LogP contribution in [-0.4, -0.2) is 60.5 Å². The lowest BCUT2D eigenvalue weighted by atomic mass is 9.79. The first-order chi connectivity index (χ1) is 13.9. The van der Waals surface area contributed by atoms with E-state index in [1.165, 1.54) is 5.06 Å². The van der Waals surface area contributed by atoms with E-state index in [1.807, 2.05) is 31.9 Å². The SMILES string of the molecule is CON1CCC2(CC1)C(=O)C(c1cc(C)c(C)cc1C)C(=O)N2OC1CCCO1. The predicted molar refractivity (Wildman–Crippen MR) is 106 cm³/mol. The summed E-state index contributed by atoms with van der Waals surface area (Å²) in [6.45, 7) is 7.77. The molecule has 0 aromatic heterocycles. The lowest BCUT2D eigenvalue weighted by Crippen LogP contribution is -2.56. The van der Waals surface area contributed by atoms with Gasteiger partial charge in [0.25, 0.3) is 5.91 Å². The Morgan fingerprint density at radius 3 is 2.38 bits per heavy atom. The molecule has 1 spiro atoms. The number of nitrogens with zero attached hydrogens (tertiary/aromatic N) is 2. The van der Waals surface area contributed by atoms with Gasteiger partial charge in [-0.15, -0.1) is 0 Å². The second kappa shape index (κ2) is 7.80. The van der Waals surface area contributed by atoms with Gasteiger partial charge in [0.2, 0.25) is 0 Å². The Balaban J connectivity index is 1.72. The average molecular weight is 402 g/mol. The van der Waals surface area contributed by atoms with Crippen LogP contribution in [0.4, 0.5) is 0 Å². The molecule has 158 valence electrons. The van der Waals surface area contributed by atoms with Gasteiger partial charge < -0.3 is 9.57 Å². The third kappa shape index (κ3) is 3.40. The van der Waals surface area contributed by atoms with Crippen molar-refractivity contribution >= 4 is 11.7 Å². The third-order valence-corrected chi connectivity index (χ3v) is 6.67. The minimum atomic E-state index is -0.964. The number of Topliss-reactive ketones (excluding diaryl/α,β-unsaturated/α-hetero) is 1. The molecular weight excluding hydrogens is 372 g/mol. The van der Waals surface area contributed by atoms with Gasteiger partial charge in [0, 0.05) is 19.5 Å². The Hall–Kier alpha value is -1.80. The zero-order valence-corrected chi connectivity index (χ0v) is 17.7. The lowest BCUT2D eigenvalue weighted by molar-refractivity contribution is -0.288. The second-order valence-electron chi connectivity index (χ2n) is 8.41. The van der Waals surface area contributed by atoms with E-state index in [4.69, 9.17) is 14.4 Å². The summed E-state index contributed by atoms with van der Waals surface area (Å²) >= 11 is 0. The maximum Gasteiger partial charge on any atom is 0.262 e. The highest BCUT2D eigenvalue weighted by molar-refractivity contribution is 6.17. The van der Waals surface area contributed by atoms with Crippen molar-refractivity contribution in [3.8, 4) is 0 Å². The van der Waals surface area contributed by atoms with Crippen molar-refractivity contribution in [3.63, 3.8) is 0 Å². The van der Waals surface area contributed by atoms with E-state index in [-0.39, 0.29) is 11.7 Å². The van der Waals surface area contributed by atoms with Crippen molar-refractivity contribution in [1.29, 1.82) is 0 Å². The molecule has 0 aliphatic carbocycles. The van der Waals surface area contributed by atoms with Crippen LogP contribution in [0.5, 0.6) is 0 Å². The number of ketones is 1. The lowest BCUT2D eigenvalue weighted by Gasteiger charge is -2.42. The topological polar surface area (TPSA) is 68.3 Å². The van der Waals surface area contributed by atoms with E-state index < -0.39 is 17.7 Å². The second-order valence-corrected chi connectivity index (χ2v) is 8.41. The summed E-state index contributed by atoms with van der Waals surface area (Å²) in [4.78, 5) is 38.7. The zero-order valence-electron chi connectivity index (χ0n) is 17.7. The summed E-state index contributed by atoms with van der Waals surface area (Å²) in [5, 5.41) is 3.19. The number of carbonyl (C=O) groups is 2. The van der Waals surface area contributed by atoms with E-state index >= 15 is 0 Å². The number of hydrogen-bond acceptors (Lipinski definition) is 6. The van der Waals surface area contributed by atoms with Gasteiger partial charge in [0.15, 0.2) is 12.1 Å². The Labute approximate surface area is 171 Å². The summed E-state index contributed by atoms with van der Waals surface area (Å²) < 4.78 is 5.61. The van der Waals surface area contributed by atoms with E-state index in [9.17, 15) is 9.59 Å². The van der Waals surface area contributed by atoms with Crippen LogP contribution in [0.2, 0.25) is 0 Å². The molecule has 29 heavy (non-hydrogen) atoms. The number of aryl methyl sites for hydroxylation is 3. The number of ether oxygens (including phenoxy) is 1. The number of amides is 1. The van der Waals surface area contributed by atoms with Crippen LogP contribution >= 0.6 is 0 Å². The van der Waals surface area contributed by atoms with Crippen LogP contribution < -0.4 is 0 Å². The Morgan fingerprint density at radius 2 is 1.76 bits per heavy atom. The van der Waals surface area contributed by atoms with Crippen LogP contribution in [0.25, 0.3) is 0 Å². The van der Waals surface area contributed by atoms with Gasteiger partial charge in [-0.05, 0) is 62.3 Å². The number of benzene rings is 1. The largest absolute Gasteiger partial charge is 0.350 e. The number of piperidine rings is 1. The molecular formula is C22H30N2O5. The van der Waals surface area contributed by atoms with E-state index in [2.05, 4.69) is 6.07 Å². The molecule has 1 aromatic rings. The Bertz CT molecular complexity index is 810. The summed E-state index contributed by atoms with van der Waals surface area (Å²) in [6, 6.07) is 4.04. The van der Waals surface area contributed by atoms with Crippen LogP contribution in [0.15, 0.2) is 12.1 Å². The zero-order chi connectivity index (χ0) is 20.8. The molecule has 3 aliphatic rings. The van der Waals surface area contributed by atoms with Crippen LogP contribution in [0, 0.1) is 20.8 Å². The molecule has 3 heterocycles. The highest BCUT2D eigenvalue weighted by Gasteiger charge is 2.61. The Morgan fingerprint density at radius 1 is 1.07 bits per heavy atom. The standard InChI is InChI=1S/C22H30N2O5/c1-14-12-16(3)17(13-15(14)2)19-20(25)22(7-9-23(27-4)10-8-22)24(21(19)26)29-18-6-5-11-28-18/h12-13,18-19H,5-11H2,1-4H3. The molecule has 3 saturated heterocycles. The minimum absolute atomic E-state index is 0.0670. The van der Waals surface area contributed by atoms with Crippen molar-refractivity contribution in [2.24, 2.45) is 0 Å². The highest BCUT2D eigenvalue weighted by Crippen LogP contribution is 2.45. The molecule has 3 aliphatic heterocycles. The highest BCUT2D eigenvalue weighted by atomic mass is 16.8. The monoisotopic (exact) mass is 402 g/mol. The molecule has 3 fully saturated rings. The summed E-state index contributed by atoms with van der Waals surface area (Å²) in [5.74, 6) is -1.17. The molecule has 1 amide bonds. The number of carbonyl (C=O) groups excluding carboxylic acids is 2. The van der Waals surface area contributed by atoms with Crippen molar-refractivity contribution in [3.05, 3.63) is 34.4 Å². The molecule has 0 radical (unpaired) electrons. The Kier molecular flexibility index (Phi) is 5.50. The fourth-order valence-corrected chi connectivity index (χ4v) is 4.77. The first-order valence-corrected chi connectivity index (χ1v) is 10.4. The fourth-order valence-electron chi connectivity index (χ4n) is 4.77. The van der Waals surface area contributed by atoms with Gasteiger partial charge in [-0.3, -0.25) is 9.59 Å². The molecule has 7 heteroatoms. The molecule has 7 nitrogen and oxygen atoms in total. The summed E-state index contributed by atoms with van der Waals surface area (Å²) in [5.41, 5.74) is 3.01. The van der Waals surface area contributed by atoms with E-state index in [1.54, 1.807) is 7.11 Å². The van der Waals surface area contributed by atoms with Crippen LogP contribution in [-0.2, 0) is 24.0 Å². The molecule has 1 aromatic carbocycles. The quantitative estimate of drug-likeness (QED) is 0.721. The molecule has 2 atom stereocenters. The first-order valence-electron chi connectivity index (χ1n) is 10.4. The summed E-state index contributed by atoms with van der Waals surface area (Å²) in [7, 11) is 1.63. The number of hydroxylamine groups is 4. The van der Waals surface area contributed by atoms with Gasteiger partial charge >= 0.3 is 0 Å². The van der Waals surface area contributed by atoms with Gasteiger partial charge in [-0.2, -0.15) is 5.06 Å². The van der Waals surface area contributed by atoms with Crippen molar-refractivity contribution in [1.82, 2.24) is 10.1 Å². The van der Waals surface area contributed by atoms with Crippen molar-refractivity contribution < 1.29 is 24.0 Å². The average Bonchev–Trinajstić information content (AvgIpc) is 3.28. The van der Waals surface area contributed by atoms with Gasteiger partial charge in [0.1, 0.15) is 11.5 Å². The van der Waals surface area contributed by atoms with Crippen LogP contribution in [0.1, 0.15) is 53.9 Å². The van der Waals surface area contributed by atoms with Gasteiger partial charge in [0.05, 0.1) is 13.7 Å². The molecule has 0 N–H and O–H groups in total. The van der Waals surface area contributed by atoms with Crippen LogP contribution in [0.3, 0.4) is 0 Å². The molecule has 2 unspecified atom stereocenters. The van der Waals surface area contributed by atoms with E-state index in [0.29, 0.717) is 32.5 Å². The normalized spacial score (nSPS) is 27.4. The van der Waals surface area contributed by atoms with Crippen molar-refractivity contribution in [2.45, 2.75) is 64.2 Å². The summed E-state index contributed by atoms with van der Waals surface area (Å²) in [6.07, 6.45) is 2.12. The first kappa shape index (κ1) is 20.5. The molecule has 0 saturated carbocycles. The number of rotatable bonds is 4. The maximum absolute atomic E-state index is 13.8. The smallest absolute Gasteiger partial charge is 0.262 e. The van der Waals surface area contributed by atoms with Crippen molar-refractivity contribution in [2.75, 3.05) is 26.8 Å². The van der Waals surface area contributed by atoms with Gasteiger partial charge in [-0.25, -0.2) is 9.90 Å². The predicted octanol–water partition coefficient (Wildman–Crippen LogP) is 2.57. The molecule has 0 bridgehead atoms. The van der Waals surface area contributed by atoms with E-state index in [0.717, 1.165) is 35.1 Å².